The van der Waals surface area contributed by atoms with E-state index in [9.17, 15) is 0 Å². The van der Waals surface area contributed by atoms with E-state index in [-0.39, 0.29) is 0 Å². The molecule has 56 valence electrons. The zero-order valence-electron chi connectivity index (χ0n) is 5.77. The van der Waals surface area contributed by atoms with E-state index in [2.05, 4.69) is 37.8 Å². The molecule has 1 aromatic rings. The highest BCUT2D eigenvalue weighted by atomic mass is 79.9. The van der Waals surface area contributed by atoms with Crippen molar-refractivity contribution in [3.8, 4) is 12.3 Å². The van der Waals surface area contributed by atoms with Gasteiger partial charge in [0, 0.05) is 15.4 Å². The van der Waals surface area contributed by atoms with Gasteiger partial charge in [0.1, 0.15) is 0 Å². The number of alkyl halides is 1. The molecule has 0 spiro atoms. The average Bonchev–Trinajstić information content (AvgIpc) is 2.03. The molecule has 0 unspecified atom stereocenters. The minimum atomic E-state index is 0.834. The summed E-state index contributed by atoms with van der Waals surface area (Å²) in [5.74, 6) is 2.59. The van der Waals surface area contributed by atoms with Gasteiger partial charge in [0.2, 0.25) is 0 Å². The molecule has 11 heavy (non-hydrogen) atoms. The topological polar surface area (TPSA) is 0 Å². The van der Waals surface area contributed by atoms with Crippen molar-refractivity contribution in [2.75, 3.05) is 0 Å². The molecule has 0 heterocycles. The number of terminal acetylenes is 1. The first-order valence-corrected chi connectivity index (χ1v) is 4.99. The van der Waals surface area contributed by atoms with Gasteiger partial charge in [0.25, 0.3) is 0 Å². The Labute approximate surface area is 83.3 Å². The normalized spacial score (nSPS) is 9.18. The van der Waals surface area contributed by atoms with E-state index in [0.717, 1.165) is 15.4 Å². The molecule has 1 aromatic carbocycles. The van der Waals surface area contributed by atoms with Gasteiger partial charge in [-0.3, -0.25) is 0 Å². The zero-order valence-corrected chi connectivity index (χ0v) is 8.94. The van der Waals surface area contributed by atoms with E-state index in [0.29, 0.717) is 0 Å². The van der Waals surface area contributed by atoms with Crippen LogP contribution in [0.15, 0.2) is 22.7 Å². The highest BCUT2D eigenvalue weighted by Gasteiger charge is 1.94. The maximum Gasteiger partial charge on any atom is 0.0283 e. The maximum atomic E-state index is 5.26. The quantitative estimate of drug-likeness (QED) is 0.544. The van der Waals surface area contributed by atoms with E-state index in [1.54, 1.807) is 0 Å². The van der Waals surface area contributed by atoms with Gasteiger partial charge in [0.05, 0.1) is 0 Å². The molecule has 0 N–H and O–H groups in total. The standard InChI is InChI=1S/C9H6Br2/c1-2-7-3-8(6-10)5-9(11)4-7/h1,3-5H,6H2. The van der Waals surface area contributed by atoms with Crippen molar-refractivity contribution in [1.29, 1.82) is 0 Å². The van der Waals surface area contributed by atoms with Crippen molar-refractivity contribution in [2.24, 2.45) is 0 Å². The average molecular weight is 274 g/mol. The Kier molecular flexibility index (Phi) is 3.16. The zero-order chi connectivity index (χ0) is 8.27. The number of halogens is 2. The first-order chi connectivity index (χ1) is 5.26. The SMILES string of the molecule is C#Cc1cc(Br)cc(CBr)c1. The van der Waals surface area contributed by atoms with E-state index in [4.69, 9.17) is 6.42 Å². The Balaban J connectivity index is 3.15. The van der Waals surface area contributed by atoms with Crippen LogP contribution in [0.3, 0.4) is 0 Å². The third-order valence-corrected chi connectivity index (χ3v) is 2.38. The lowest BCUT2D eigenvalue weighted by Crippen LogP contribution is -1.80. The largest absolute Gasteiger partial charge is 0.115 e. The smallest absolute Gasteiger partial charge is 0.0283 e. The lowest BCUT2D eigenvalue weighted by molar-refractivity contribution is 1.40. The molecule has 0 saturated carbocycles. The van der Waals surface area contributed by atoms with Gasteiger partial charge in [-0.1, -0.05) is 37.8 Å². The van der Waals surface area contributed by atoms with E-state index in [1.165, 1.54) is 5.56 Å². The molecule has 0 aliphatic rings. The second-order valence-electron chi connectivity index (χ2n) is 2.13. The van der Waals surface area contributed by atoms with Crippen LogP contribution in [0.4, 0.5) is 0 Å². The van der Waals surface area contributed by atoms with Gasteiger partial charge >= 0.3 is 0 Å². The lowest BCUT2D eigenvalue weighted by atomic mass is 10.1. The molecule has 0 atom stereocenters. The van der Waals surface area contributed by atoms with Crippen molar-refractivity contribution < 1.29 is 0 Å². The molecule has 0 nitrogen and oxygen atoms in total. The second kappa shape index (κ2) is 3.94. The molecule has 2 heteroatoms. The highest BCUT2D eigenvalue weighted by Crippen LogP contribution is 2.16. The van der Waals surface area contributed by atoms with E-state index < -0.39 is 0 Å². The van der Waals surface area contributed by atoms with Crippen LogP contribution in [0, 0.1) is 12.3 Å². The molecule has 0 amide bonds. The Morgan fingerprint density at radius 1 is 1.36 bits per heavy atom. The maximum absolute atomic E-state index is 5.26. The van der Waals surface area contributed by atoms with Crippen molar-refractivity contribution in [1.82, 2.24) is 0 Å². The molecule has 1 rings (SSSR count). The molecule has 0 aliphatic heterocycles. The van der Waals surface area contributed by atoms with Crippen LogP contribution in [0.5, 0.6) is 0 Å². The summed E-state index contributed by atoms with van der Waals surface area (Å²) in [6, 6.07) is 5.95. The van der Waals surface area contributed by atoms with E-state index >= 15 is 0 Å². The fourth-order valence-electron chi connectivity index (χ4n) is 0.811. The third-order valence-electron chi connectivity index (χ3n) is 1.28. The van der Waals surface area contributed by atoms with Crippen molar-refractivity contribution in [3.63, 3.8) is 0 Å². The Bertz CT molecular complexity index is 297. The summed E-state index contributed by atoms with van der Waals surface area (Å²) in [4.78, 5) is 0. The highest BCUT2D eigenvalue weighted by molar-refractivity contribution is 9.10. The van der Waals surface area contributed by atoms with Gasteiger partial charge in [-0.25, -0.2) is 0 Å². The van der Waals surface area contributed by atoms with Crippen LogP contribution in [0.2, 0.25) is 0 Å². The molecular weight excluding hydrogens is 268 g/mol. The minimum absolute atomic E-state index is 0.834. The third kappa shape index (κ3) is 2.36. The summed E-state index contributed by atoms with van der Waals surface area (Å²) in [5.41, 5.74) is 2.10. The van der Waals surface area contributed by atoms with Gasteiger partial charge in [-0.05, 0) is 23.8 Å². The van der Waals surface area contributed by atoms with Gasteiger partial charge in [-0.2, -0.15) is 0 Å². The van der Waals surface area contributed by atoms with Crippen LogP contribution in [-0.2, 0) is 5.33 Å². The fourth-order valence-corrected chi connectivity index (χ4v) is 1.68. The summed E-state index contributed by atoms with van der Waals surface area (Å²) in [6.45, 7) is 0. The summed E-state index contributed by atoms with van der Waals surface area (Å²) < 4.78 is 1.03. The molecule has 0 radical (unpaired) electrons. The van der Waals surface area contributed by atoms with Gasteiger partial charge < -0.3 is 0 Å². The van der Waals surface area contributed by atoms with Crippen molar-refractivity contribution in [2.45, 2.75) is 5.33 Å². The van der Waals surface area contributed by atoms with Gasteiger partial charge in [0.15, 0.2) is 0 Å². The van der Waals surface area contributed by atoms with Crippen LogP contribution in [0.25, 0.3) is 0 Å². The predicted octanol–water partition coefficient (Wildman–Crippen LogP) is 3.33. The Morgan fingerprint density at radius 2 is 2.09 bits per heavy atom. The second-order valence-corrected chi connectivity index (χ2v) is 3.60. The Hall–Kier alpha value is -0.260. The Morgan fingerprint density at radius 3 is 2.64 bits per heavy atom. The van der Waals surface area contributed by atoms with E-state index in [1.807, 2.05) is 18.2 Å². The number of hydrogen-bond donors (Lipinski definition) is 0. The van der Waals surface area contributed by atoms with Crippen molar-refractivity contribution >= 4 is 31.9 Å². The molecular formula is C9H6Br2. The summed E-state index contributed by atoms with van der Waals surface area (Å²) in [7, 11) is 0. The molecule has 0 aliphatic carbocycles. The predicted molar refractivity (Wildman–Crippen MR) is 54.7 cm³/mol. The monoisotopic (exact) mass is 272 g/mol. The molecule has 0 bridgehead atoms. The van der Waals surface area contributed by atoms with Crippen LogP contribution >= 0.6 is 31.9 Å². The fraction of sp³-hybridized carbons (Fsp3) is 0.111. The van der Waals surface area contributed by atoms with Gasteiger partial charge in [-0.15, -0.1) is 6.42 Å². The first-order valence-electron chi connectivity index (χ1n) is 3.08. The van der Waals surface area contributed by atoms with Crippen LogP contribution in [0.1, 0.15) is 11.1 Å². The molecule has 0 saturated heterocycles. The summed E-state index contributed by atoms with van der Waals surface area (Å²) in [5, 5.41) is 0.834. The number of benzene rings is 1. The number of hydrogen-bond acceptors (Lipinski definition) is 0. The van der Waals surface area contributed by atoms with Crippen LogP contribution in [-0.4, -0.2) is 0 Å². The van der Waals surface area contributed by atoms with Crippen LogP contribution < -0.4 is 0 Å². The summed E-state index contributed by atoms with van der Waals surface area (Å²) >= 11 is 6.74. The minimum Gasteiger partial charge on any atom is -0.115 e. The summed E-state index contributed by atoms with van der Waals surface area (Å²) in [6.07, 6.45) is 5.26. The molecule has 0 fully saturated rings. The first kappa shape index (κ1) is 8.83. The molecule has 0 aromatic heterocycles. The lowest BCUT2D eigenvalue weighted by Gasteiger charge is -1.97. The van der Waals surface area contributed by atoms with Crippen molar-refractivity contribution in [3.05, 3.63) is 33.8 Å². The number of rotatable bonds is 1.